The van der Waals surface area contributed by atoms with E-state index >= 15 is 0 Å². The van der Waals surface area contributed by atoms with Gasteiger partial charge in [0.1, 0.15) is 5.69 Å². The van der Waals surface area contributed by atoms with Crippen LogP contribution >= 0.6 is 15.9 Å². The molecule has 1 heterocycles. The highest BCUT2D eigenvalue weighted by Gasteiger charge is 2.13. The number of aromatic nitrogens is 2. The summed E-state index contributed by atoms with van der Waals surface area (Å²) in [7, 11) is 0. The molecule has 0 atom stereocenters. The van der Waals surface area contributed by atoms with Crippen LogP contribution in [-0.4, -0.2) is 9.78 Å². The van der Waals surface area contributed by atoms with Gasteiger partial charge in [0.05, 0.1) is 5.69 Å². The predicted octanol–water partition coefficient (Wildman–Crippen LogP) is 5.97. The van der Waals surface area contributed by atoms with Gasteiger partial charge in [-0.2, -0.15) is 5.10 Å². The van der Waals surface area contributed by atoms with Gasteiger partial charge in [-0.15, -0.1) is 0 Å². The maximum absolute atomic E-state index is 4.86. The number of hydrogen-bond donors (Lipinski definition) is 0. The molecule has 24 heavy (non-hydrogen) atoms. The van der Waals surface area contributed by atoms with Gasteiger partial charge >= 0.3 is 0 Å². The molecule has 0 N–H and O–H groups in total. The summed E-state index contributed by atoms with van der Waals surface area (Å²) in [6, 6.07) is 28.9. The van der Waals surface area contributed by atoms with E-state index in [-0.39, 0.29) is 0 Å². The summed E-state index contributed by atoms with van der Waals surface area (Å²) in [6.07, 6.45) is 2.10. The van der Waals surface area contributed by atoms with Gasteiger partial charge in [0.25, 0.3) is 0 Å². The van der Waals surface area contributed by atoms with Gasteiger partial charge in [-0.1, -0.05) is 76.6 Å². The quantitative estimate of drug-likeness (QED) is 0.431. The minimum atomic E-state index is 0.984. The van der Waals surface area contributed by atoms with E-state index < -0.39 is 0 Å². The van der Waals surface area contributed by atoms with Crippen molar-refractivity contribution < 1.29 is 0 Å². The molecule has 4 rings (SSSR count). The van der Waals surface area contributed by atoms with Crippen LogP contribution in [0.4, 0.5) is 0 Å². The molecule has 116 valence electrons. The van der Waals surface area contributed by atoms with E-state index in [1.165, 1.54) is 0 Å². The lowest BCUT2D eigenvalue weighted by Crippen LogP contribution is -1.93. The summed E-state index contributed by atoms with van der Waals surface area (Å²) in [5.41, 5.74) is 5.43. The van der Waals surface area contributed by atoms with Crippen molar-refractivity contribution in [3.63, 3.8) is 0 Å². The second-order valence-electron chi connectivity index (χ2n) is 5.54. The summed E-state index contributed by atoms with van der Waals surface area (Å²) < 4.78 is 3.01. The molecule has 1 aromatic heterocycles. The van der Waals surface area contributed by atoms with Crippen LogP contribution in [0.2, 0.25) is 0 Å². The molecule has 0 fully saturated rings. The van der Waals surface area contributed by atoms with Crippen LogP contribution in [0.25, 0.3) is 28.1 Å². The fourth-order valence-corrected chi connectivity index (χ4v) is 3.00. The Morgan fingerprint density at radius 1 is 0.667 bits per heavy atom. The molecule has 0 aliphatic rings. The van der Waals surface area contributed by atoms with Gasteiger partial charge in [0.15, 0.2) is 0 Å². The molecule has 0 bridgehead atoms. The third-order valence-electron chi connectivity index (χ3n) is 3.94. The molecule has 4 aromatic rings. The number of hydrogen-bond acceptors (Lipinski definition) is 1. The highest BCUT2D eigenvalue weighted by Crippen LogP contribution is 2.32. The van der Waals surface area contributed by atoms with Crippen molar-refractivity contribution in [2.45, 2.75) is 0 Å². The lowest BCUT2D eigenvalue weighted by Gasteiger charge is -2.03. The molecule has 0 unspecified atom stereocenters. The van der Waals surface area contributed by atoms with Crippen LogP contribution in [0.5, 0.6) is 0 Å². The average Bonchev–Trinajstić information content (AvgIpc) is 3.09. The Kier molecular flexibility index (Phi) is 4.01. The average molecular weight is 375 g/mol. The van der Waals surface area contributed by atoms with Gasteiger partial charge in [0, 0.05) is 21.8 Å². The van der Waals surface area contributed by atoms with Crippen LogP contribution in [0.15, 0.2) is 95.6 Å². The maximum Gasteiger partial charge on any atom is 0.101 e. The molecule has 0 saturated heterocycles. The van der Waals surface area contributed by atoms with E-state index in [9.17, 15) is 0 Å². The molecule has 0 saturated carbocycles. The summed E-state index contributed by atoms with van der Waals surface area (Å²) in [5, 5.41) is 4.86. The molecular formula is C21H15BrN2. The van der Waals surface area contributed by atoms with Crippen molar-refractivity contribution in [1.29, 1.82) is 0 Å². The molecule has 3 heteroatoms. The highest BCUT2D eigenvalue weighted by molar-refractivity contribution is 9.10. The normalized spacial score (nSPS) is 10.7. The lowest BCUT2D eigenvalue weighted by atomic mass is 10.0. The third kappa shape index (κ3) is 2.91. The zero-order chi connectivity index (χ0) is 16.4. The van der Waals surface area contributed by atoms with Crippen molar-refractivity contribution in [3.8, 4) is 28.1 Å². The maximum atomic E-state index is 4.86. The Morgan fingerprint density at radius 3 is 1.96 bits per heavy atom. The van der Waals surface area contributed by atoms with Crippen molar-refractivity contribution in [2.24, 2.45) is 0 Å². The minimum absolute atomic E-state index is 0.984. The first kappa shape index (κ1) is 14.9. The number of nitrogens with zero attached hydrogens (tertiary/aromatic N) is 2. The van der Waals surface area contributed by atoms with Crippen LogP contribution in [0.1, 0.15) is 0 Å². The monoisotopic (exact) mass is 374 g/mol. The van der Waals surface area contributed by atoms with E-state index in [2.05, 4.69) is 70.7 Å². The highest BCUT2D eigenvalue weighted by atomic mass is 79.9. The SMILES string of the molecule is Brc1ccc(-c2nn(-c3ccccc3)cc2-c2ccccc2)cc1. The zero-order valence-electron chi connectivity index (χ0n) is 12.9. The zero-order valence-corrected chi connectivity index (χ0v) is 14.5. The largest absolute Gasteiger partial charge is 0.240 e. The van der Waals surface area contributed by atoms with E-state index in [4.69, 9.17) is 5.10 Å². The van der Waals surface area contributed by atoms with Crippen LogP contribution in [0, 0.1) is 0 Å². The van der Waals surface area contributed by atoms with Gasteiger partial charge < -0.3 is 0 Å². The summed E-state index contributed by atoms with van der Waals surface area (Å²) in [5.74, 6) is 0. The molecule has 0 amide bonds. The molecule has 0 aliphatic heterocycles. The topological polar surface area (TPSA) is 17.8 Å². The van der Waals surface area contributed by atoms with Gasteiger partial charge in [0.2, 0.25) is 0 Å². The van der Waals surface area contributed by atoms with Crippen LogP contribution in [-0.2, 0) is 0 Å². The van der Waals surface area contributed by atoms with Crippen LogP contribution < -0.4 is 0 Å². The first-order valence-corrected chi connectivity index (χ1v) is 8.57. The second-order valence-corrected chi connectivity index (χ2v) is 6.46. The third-order valence-corrected chi connectivity index (χ3v) is 4.47. The summed E-state index contributed by atoms with van der Waals surface area (Å²) in [6.45, 7) is 0. The summed E-state index contributed by atoms with van der Waals surface area (Å²) in [4.78, 5) is 0. The Hall–Kier alpha value is -2.65. The molecule has 3 aromatic carbocycles. The number of para-hydroxylation sites is 1. The minimum Gasteiger partial charge on any atom is -0.240 e. The molecule has 0 radical (unpaired) electrons. The first-order valence-electron chi connectivity index (χ1n) is 7.78. The Morgan fingerprint density at radius 2 is 1.29 bits per heavy atom. The van der Waals surface area contributed by atoms with Crippen molar-refractivity contribution in [1.82, 2.24) is 9.78 Å². The van der Waals surface area contributed by atoms with E-state index in [0.29, 0.717) is 0 Å². The predicted molar refractivity (Wildman–Crippen MR) is 102 cm³/mol. The Balaban J connectivity index is 1.90. The smallest absolute Gasteiger partial charge is 0.101 e. The lowest BCUT2D eigenvalue weighted by molar-refractivity contribution is 0.884. The summed E-state index contributed by atoms with van der Waals surface area (Å²) >= 11 is 3.50. The Labute approximate surface area is 149 Å². The molecule has 2 nitrogen and oxygen atoms in total. The van der Waals surface area contributed by atoms with Gasteiger partial charge in [-0.05, 0) is 29.8 Å². The van der Waals surface area contributed by atoms with Gasteiger partial charge in [-0.25, -0.2) is 4.68 Å². The number of benzene rings is 3. The molecule has 0 spiro atoms. The van der Waals surface area contributed by atoms with Crippen molar-refractivity contribution >= 4 is 15.9 Å². The molecular weight excluding hydrogens is 360 g/mol. The first-order chi connectivity index (χ1) is 11.8. The number of halogens is 1. The number of rotatable bonds is 3. The fraction of sp³-hybridized carbons (Fsp3) is 0. The fourth-order valence-electron chi connectivity index (χ4n) is 2.74. The van der Waals surface area contributed by atoms with E-state index in [1.807, 2.05) is 41.1 Å². The second kappa shape index (κ2) is 6.46. The van der Waals surface area contributed by atoms with Crippen molar-refractivity contribution in [2.75, 3.05) is 0 Å². The van der Waals surface area contributed by atoms with E-state index in [1.54, 1.807) is 0 Å². The van der Waals surface area contributed by atoms with Crippen molar-refractivity contribution in [3.05, 3.63) is 95.6 Å². The van der Waals surface area contributed by atoms with E-state index in [0.717, 1.165) is 32.5 Å². The molecule has 0 aliphatic carbocycles. The standard InChI is InChI=1S/C21H15BrN2/c22-18-13-11-17(12-14-18)21-20(16-7-3-1-4-8-16)15-24(23-21)19-9-5-2-6-10-19/h1-15H. The van der Waals surface area contributed by atoms with Gasteiger partial charge in [-0.3, -0.25) is 0 Å². The Bertz CT molecular complexity index is 942. The van der Waals surface area contributed by atoms with Crippen LogP contribution in [0.3, 0.4) is 0 Å².